The molecular weight excluding hydrogens is 412 g/mol. The number of hydrogen-bond donors (Lipinski definition) is 0. The van der Waals surface area contributed by atoms with Gasteiger partial charge in [0.15, 0.2) is 5.11 Å². The van der Waals surface area contributed by atoms with Crippen LogP contribution in [-0.4, -0.2) is 46.9 Å². The lowest BCUT2D eigenvalue weighted by molar-refractivity contribution is -0.133. The predicted octanol–water partition coefficient (Wildman–Crippen LogP) is 4.66. The molecule has 5 nitrogen and oxygen atoms in total. The van der Waals surface area contributed by atoms with Crippen LogP contribution in [0.25, 0.3) is 0 Å². The second-order valence-electron chi connectivity index (χ2n) is 6.58. The zero-order valence-corrected chi connectivity index (χ0v) is 18.8. The number of methoxy groups -OCH3 is 1. The summed E-state index contributed by atoms with van der Waals surface area (Å²) in [5.41, 5.74) is 0.242. The number of nitrogens with zero attached hydrogens (tertiary/aromatic N) is 2. The second kappa shape index (κ2) is 9.33. The molecule has 150 valence electrons. The molecule has 0 radical (unpaired) electrons. The molecule has 1 aromatic carbocycles. The fraction of sp³-hybridized carbons (Fsp3) is 0.450. The molecule has 0 unspecified atom stereocenters. The SMILES string of the molecule is CCCCN1C(=O)C(=C2Sc3ccc(OC)cc3S2)C(=O)N(CCCC)C1=S. The van der Waals surface area contributed by atoms with Crippen molar-refractivity contribution in [3.8, 4) is 5.75 Å². The van der Waals surface area contributed by atoms with Crippen LogP contribution in [0.5, 0.6) is 5.75 Å². The Bertz CT molecular complexity index is 806. The van der Waals surface area contributed by atoms with Gasteiger partial charge < -0.3 is 4.74 Å². The maximum atomic E-state index is 13.2. The third-order valence-electron chi connectivity index (χ3n) is 4.61. The van der Waals surface area contributed by atoms with E-state index in [1.54, 1.807) is 16.9 Å². The summed E-state index contributed by atoms with van der Waals surface area (Å²) >= 11 is 8.44. The lowest BCUT2D eigenvalue weighted by atomic mass is 10.1. The second-order valence-corrected chi connectivity index (χ2v) is 9.31. The minimum Gasteiger partial charge on any atom is -0.497 e. The number of hydrogen-bond acceptors (Lipinski definition) is 6. The first kappa shape index (κ1) is 21.2. The van der Waals surface area contributed by atoms with E-state index in [1.807, 2.05) is 18.2 Å². The fourth-order valence-corrected chi connectivity index (χ4v) is 5.88. The Morgan fingerprint density at radius 2 is 1.54 bits per heavy atom. The number of rotatable bonds is 7. The zero-order chi connectivity index (χ0) is 20.3. The molecule has 2 amide bonds. The van der Waals surface area contributed by atoms with Gasteiger partial charge >= 0.3 is 0 Å². The van der Waals surface area contributed by atoms with Gasteiger partial charge in [0, 0.05) is 22.9 Å². The van der Waals surface area contributed by atoms with Gasteiger partial charge in [-0.2, -0.15) is 0 Å². The molecule has 0 bridgehead atoms. The number of carbonyl (C=O) groups excluding carboxylic acids is 2. The van der Waals surface area contributed by atoms with Gasteiger partial charge in [-0.3, -0.25) is 19.4 Å². The van der Waals surface area contributed by atoms with Crippen LogP contribution in [0, 0.1) is 0 Å². The van der Waals surface area contributed by atoms with Crippen molar-refractivity contribution in [2.45, 2.75) is 49.3 Å². The van der Waals surface area contributed by atoms with Gasteiger partial charge in [-0.15, -0.1) is 0 Å². The summed E-state index contributed by atoms with van der Waals surface area (Å²) in [5, 5.41) is 0.341. The summed E-state index contributed by atoms with van der Waals surface area (Å²) < 4.78 is 6.02. The van der Waals surface area contributed by atoms with E-state index >= 15 is 0 Å². The molecular formula is C20H24N2O3S3. The molecule has 0 aliphatic carbocycles. The first-order valence-corrected chi connectivity index (χ1v) is 11.5. The molecule has 1 aromatic rings. The smallest absolute Gasteiger partial charge is 0.267 e. The molecule has 2 aliphatic heterocycles. The molecule has 0 N–H and O–H groups in total. The number of fused-ring (bicyclic) bond motifs is 1. The lowest BCUT2D eigenvalue weighted by Crippen LogP contribution is -2.56. The molecule has 1 fully saturated rings. The van der Waals surface area contributed by atoms with E-state index in [1.165, 1.54) is 23.5 Å². The summed E-state index contributed by atoms with van der Waals surface area (Å²) in [5.74, 6) is 0.214. The van der Waals surface area contributed by atoms with Gasteiger partial charge in [0.05, 0.1) is 11.3 Å². The van der Waals surface area contributed by atoms with Crippen LogP contribution in [0.3, 0.4) is 0 Å². The van der Waals surface area contributed by atoms with E-state index in [9.17, 15) is 9.59 Å². The maximum absolute atomic E-state index is 13.2. The van der Waals surface area contributed by atoms with Crippen LogP contribution >= 0.6 is 35.7 Å². The van der Waals surface area contributed by atoms with Crippen molar-refractivity contribution in [3.05, 3.63) is 28.0 Å². The lowest BCUT2D eigenvalue weighted by Gasteiger charge is -2.37. The zero-order valence-electron chi connectivity index (χ0n) is 16.3. The van der Waals surface area contributed by atoms with E-state index in [-0.39, 0.29) is 17.4 Å². The van der Waals surface area contributed by atoms with Crippen molar-refractivity contribution in [3.63, 3.8) is 0 Å². The van der Waals surface area contributed by atoms with Gasteiger partial charge in [-0.25, -0.2) is 0 Å². The summed E-state index contributed by atoms with van der Waals surface area (Å²) in [4.78, 5) is 31.7. The standard InChI is InChI=1S/C20H24N2O3S3/c1-4-6-10-21-17(23)16(18(24)22(20(21)26)11-7-5-2)19-27-14-9-8-13(25-3)12-15(14)28-19/h8-9,12H,4-7,10-11H2,1-3H3. The van der Waals surface area contributed by atoms with Gasteiger partial charge in [0.1, 0.15) is 11.3 Å². The normalized spacial score (nSPS) is 16.9. The van der Waals surface area contributed by atoms with Gasteiger partial charge in [0.2, 0.25) is 0 Å². The highest BCUT2D eigenvalue weighted by Gasteiger charge is 2.42. The average Bonchev–Trinajstić information content (AvgIpc) is 3.10. The molecule has 0 aromatic heterocycles. The van der Waals surface area contributed by atoms with Crippen LogP contribution in [0.2, 0.25) is 0 Å². The number of unbranched alkanes of at least 4 members (excludes halogenated alkanes) is 2. The van der Waals surface area contributed by atoms with Crippen molar-refractivity contribution in [2.75, 3.05) is 20.2 Å². The third kappa shape index (κ3) is 4.09. The van der Waals surface area contributed by atoms with Crippen LogP contribution in [0.4, 0.5) is 0 Å². The topological polar surface area (TPSA) is 49.9 Å². The molecule has 0 spiro atoms. The Morgan fingerprint density at radius 1 is 0.964 bits per heavy atom. The summed E-state index contributed by atoms with van der Waals surface area (Å²) in [7, 11) is 1.63. The highest BCUT2D eigenvalue weighted by atomic mass is 32.2. The minimum absolute atomic E-state index is 0.242. The summed E-state index contributed by atoms with van der Waals surface area (Å²) in [6.07, 6.45) is 3.61. The van der Waals surface area contributed by atoms with Crippen molar-refractivity contribution in [1.29, 1.82) is 0 Å². The Morgan fingerprint density at radius 3 is 2.07 bits per heavy atom. The highest BCUT2D eigenvalue weighted by Crippen LogP contribution is 2.53. The number of thioether (sulfide) groups is 2. The number of thiocarbonyl (C=S) groups is 1. The average molecular weight is 437 g/mol. The van der Waals surface area contributed by atoms with E-state index in [0.717, 1.165) is 45.5 Å². The Hall–Kier alpha value is -1.51. The predicted molar refractivity (Wildman–Crippen MR) is 118 cm³/mol. The van der Waals surface area contributed by atoms with E-state index in [0.29, 0.717) is 18.2 Å². The van der Waals surface area contributed by atoms with Crippen LogP contribution in [-0.2, 0) is 9.59 Å². The van der Waals surface area contributed by atoms with Crippen molar-refractivity contribution < 1.29 is 14.3 Å². The highest BCUT2D eigenvalue weighted by molar-refractivity contribution is 8.24. The van der Waals surface area contributed by atoms with Crippen LogP contribution in [0.1, 0.15) is 39.5 Å². The minimum atomic E-state index is -0.272. The van der Waals surface area contributed by atoms with E-state index in [2.05, 4.69) is 13.8 Å². The monoisotopic (exact) mass is 436 g/mol. The largest absolute Gasteiger partial charge is 0.497 e. The maximum Gasteiger partial charge on any atom is 0.267 e. The molecule has 28 heavy (non-hydrogen) atoms. The quantitative estimate of drug-likeness (QED) is 0.352. The number of ether oxygens (including phenoxy) is 1. The number of benzene rings is 1. The Kier molecular flexibility index (Phi) is 7.06. The summed E-state index contributed by atoms with van der Waals surface area (Å²) in [6.45, 7) is 5.22. The summed E-state index contributed by atoms with van der Waals surface area (Å²) in [6, 6.07) is 5.79. The van der Waals surface area contributed by atoms with Crippen molar-refractivity contribution in [1.82, 2.24) is 9.80 Å². The first-order chi connectivity index (χ1) is 13.5. The van der Waals surface area contributed by atoms with Gasteiger partial charge in [0.25, 0.3) is 11.8 Å². The molecule has 0 atom stereocenters. The van der Waals surface area contributed by atoms with Crippen molar-refractivity contribution >= 4 is 52.7 Å². The van der Waals surface area contributed by atoms with Gasteiger partial charge in [-0.1, -0.05) is 50.2 Å². The van der Waals surface area contributed by atoms with Crippen molar-refractivity contribution in [2.24, 2.45) is 0 Å². The number of amides is 2. The molecule has 3 rings (SSSR count). The number of carbonyl (C=O) groups is 2. The molecule has 2 aliphatic rings. The molecule has 8 heteroatoms. The third-order valence-corrected chi connectivity index (χ3v) is 7.59. The molecule has 0 saturated carbocycles. The molecule has 2 heterocycles. The van der Waals surface area contributed by atoms with E-state index in [4.69, 9.17) is 17.0 Å². The molecule has 1 saturated heterocycles. The Labute approximate surface area is 179 Å². The first-order valence-electron chi connectivity index (χ1n) is 9.47. The van der Waals surface area contributed by atoms with E-state index < -0.39 is 0 Å². The van der Waals surface area contributed by atoms with Crippen LogP contribution in [0.15, 0.2) is 37.8 Å². The Balaban J connectivity index is 1.97. The fourth-order valence-electron chi connectivity index (χ4n) is 2.98. The van der Waals surface area contributed by atoms with Crippen LogP contribution < -0.4 is 4.74 Å². The van der Waals surface area contributed by atoms with Gasteiger partial charge in [-0.05, 0) is 43.3 Å².